The molecule has 4 aromatic rings. The van der Waals surface area contributed by atoms with Crippen LogP contribution in [-0.4, -0.2) is 30.1 Å². The molecule has 1 aliphatic heterocycles. The van der Waals surface area contributed by atoms with Crippen LogP contribution in [0.15, 0.2) is 36.4 Å². The summed E-state index contributed by atoms with van der Waals surface area (Å²) in [6.45, 7) is 5.38. The summed E-state index contributed by atoms with van der Waals surface area (Å²) in [6, 6.07) is 12.1. The van der Waals surface area contributed by atoms with Crippen molar-refractivity contribution in [1.29, 1.82) is 0 Å². The molecule has 7 heteroatoms. The fourth-order valence-electron chi connectivity index (χ4n) is 3.99. The van der Waals surface area contributed by atoms with Crippen LogP contribution in [0.2, 0.25) is 5.02 Å². The standard InChI is InChI=1S/C23H21ClN2O2S2/c1-13-10-14(2)20-18(11-13)30-23(25-20)26(12-15-6-5-9-28-15)22(27)21-19(24)16-7-3-4-8-17(16)29-21/h3-4,7-8,10-11,15H,5-6,9,12H2,1-2H3. The zero-order valence-corrected chi connectivity index (χ0v) is 19.2. The summed E-state index contributed by atoms with van der Waals surface area (Å²) in [4.78, 5) is 20.9. The van der Waals surface area contributed by atoms with Gasteiger partial charge in [0.2, 0.25) is 0 Å². The van der Waals surface area contributed by atoms with Gasteiger partial charge in [-0.25, -0.2) is 4.98 Å². The van der Waals surface area contributed by atoms with Crippen LogP contribution in [0.3, 0.4) is 0 Å². The first-order valence-corrected chi connectivity index (χ1v) is 12.0. The first kappa shape index (κ1) is 19.9. The molecule has 1 amide bonds. The van der Waals surface area contributed by atoms with Gasteiger partial charge in [-0.15, -0.1) is 11.3 Å². The first-order chi connectivity index (χ1) is 14.5. The van der Waals surface area contributed by atoms with Crippen molar-refractivity contribution >= 4 is 65.6 Å². The summed E-state index contributed by atoms with van der Waals surface area (Å²) < 4.78 is 7.96. The van der Waals surface area contributed by atoms with Crippen molar-refractivity contribution in [1.82, 2.24) is 4.98 Å². The highest BCUT2D eigenvalue weighted by atomic mass is 35.5. The van der Waals surface area contributed by atoms with Gasteiger partial charge in [0.05, 0.1) is 27.9 Å². The maximum atomic E-state index is 13.7. The van der Waals surface area contributed by atoms with Crippen LogP contribution in [0.5, 0.6) is 0 Å². The zero-order valence-electron chi connectivity index (χ0n) is 16.8. The van der Waals surface area contributed by atoms with E-state index in [1.807, 2.05) is 24.3 Å². The number of anilines is 1. The molecule has 1 atom stereocenters. The van der Waals surface area contributed by atoms with Gasteiger partial charge in [0, 0.05) is 16.7 Å². The SMILES string of the molecule is Cc1cc(C)c2nc(N(CC3CCCO3)C(=O)c3sc4ccccc4c3Cl)sc2c1. The lowest BCUT2D eigenvalue weighted by atomic mass is 10.1. The van der Waals surface area contributed by atoms with Gasteiger partial charge in [-0.2, -0.15) is 0 Å². The molecule has 0 saturated carbocycles. The van der Waals surface area contributed by atoms with Gasteiger partial charge in [-0.05, 0) is 49.9 Å². The van der Waals surface area contributed by atoms with Crippen LogP contribution in [-0.2, 0) is 4.74 Å². The Balaban J connectivity index is 1.60. The number of thiazole rings is 1. The van der Waals surface area contributed by atoms with Crippen LogP contribution < -0.4 is 4.90 Å². The summed E-state index contributed by atoms with van der Waals surface area (Å²) in [5, 5.41) is 2.14. The Bertz CT molecular complexity index is 1260. The number of halogens is 1. The highest BCUT2D eigenvalue weighted by Crippen LogP contribution is 2.38. The second kappa shape index (κ2) is 7.93. The molecule has 30 heavy (non-hydrogen) atoms. The van der Waals surface area contributed by atoms with Crippen molar-refractivity contribution in [3.63, 3.8) is 0 Å². The van der Waals surface area contributed by atoms with Gasteiger partial charge in [0.25, 0.3) is 5.91 Å². The number of ether oxygens (including phenoxy) is 1. The fraction of sp³-hybridized carbons (Fsp3) is 0.304. The topological polar surface area (TPSA) is 42.4 Å². The van der Waals surface area contributed by atoms with Crippen LogP contribution in [0.4, 0.5) is 5.13 Å². The summed E-state index contributed by atoms with van der Waals surface area (Å²) in [5.74, 6) is -0.106. The number of hydrogen-bond acceptors (Lipinski definition) is 5. The Kier molecular flexibility index (Phi) is 5.27. The summed E-state index contributed by atoms with van der Waals surface area (Å²) in [5.41, 5.74) is 3.27. The highest BCUT2D eigenvalue weighted by molar-refractivity contribution is 7.23. The van der Waals surface area contributed by atoms with E-state index in [4.69, 9.17) is 21.3 Å². The molecule has 1 saturated heterocycles. The number of amides is 1. The smallest absolute Gasteiger partial charge is 0.271 e. The molecule has 3 heterocycles. The lowest BCUT2D eigenvalue weighted by Gasteiger charge is -2.22. The fourth-order valence-corrected chi connectivity index (χ4v) is 6.60. The molecule has 0 aliphatic carbocycles. The molecular formula is C23H21ClN2O2S2. The Morgan fingerprint density at radius 1 is 1.23 bits per heavy atom. The Hall–Kier alpha value is -1.99. The Labute approximate surface area is 188 Å². The van der Waals surface area contributed by atoms with E-state index in [9.17, 15) is 4.79 Å². The minimum absolute atomic E-state index is 0.0250. The third-order valence-corrected chi connectivity index (χ3v) is 8.12. The minimum Gasteiger partial charge on any atom is -0.376 e. The molecule has 0 spiro atoms. The lowest BCUT2D eigenvalue weighted by Crippen LogP contribution is -2.37. The van der Waals surface area contributed by atoms with Crippen molar-refractivity contribution in [2.75, 3.05) is 18.1 Å². The summed E-state index contributed by atoms with van der Waals surface area (Å²) in [6.07, 6.45) is 2.00. The second-order valence-electron chi connectivity index (χ2n) is 7.72. The van der Waals surface area contributed by atoms with E-state index in [2.05, 4.69) is 26.0 Å². The average Bonchev–Trinajstić information content (AvgIpc) is 3.45. The van der Waals surface area contributed by atoms with E-state index in [1.54, 1.807) is 16.2 Å². The van der Waals surface area contributed by atoms with Gasteiger partial charge in [-0.1, -0.05) is 47.2 Å². The van der Waals surface area contributed by atoms with E-state index in [1.165, 1.54) is 16.9 Å². The Morgan fingerprint density at radius 3 is 2.83 bits per heavy atom. The number of carbonyl (C=O) groups excluding carboxylic acids is 1. The van der Waals surface area contributed by atoms with E-state index in [-0.39, 0.29) is 12.0 Å². The van der Waals surface area contributed by atoms with Gasteiger partial charge >= 0.3 is 0 Å². The average molecular weight is 457 g/mol. The lowest BCUT2D eigenvalue weighted by molar-refractivity contribution is 0.0921. The third kappa shape index (κ3) is 3.52. The molecule has 2 aromatic heterocycles. The van der Waals surface area contributed by atoms with Crippen LogP contribution in [0, 0.1) is 13.8 Å². The van der Waals surface area contributed by atoms with Gasteiger partial charge in [0.15, 0.2) is 5.13 Å². The number of fused-ring (bicyclic) bond motifs is 2. The van der Waals surface area contributed by atoms with Crippen molar-refractivity contribution in [2.24, 2.45) is 0 Å². The Morgan fingerprint density at radius 2 is 2.07 bits per heavy atom. The molecule has 0 N–H and O–H groups in total. The number of thiophene rings is 1. The van der Waals surface area contributed by atoms with Gasteiger partial charge < -0.3 is 4.74 Å². The third-order valence-electron chi connectivity index (χ3n) is 5.43. The number of rotatable bonds is 4. The number of carbonyl (C=O) groups is 1. The predicted molar refractivity (Wildman–Crippen MR) is 127 cm³/mol. The molecular weight excluding hydrogens is 436 g/mol. The monoisotopic (exact) mass is 456 g/mol. The predicted octanol–water partition coefficient (Wildman–Crippen LogP) is 6.61. The van der Waals surface area contributed by atoms with E-state index in [0.29, 0.717) is 21.6 Å². The van der Waals surface area contributed by atoms with Gasteiger partial charge in [0.1, 0.15) is 4.88 Å². The molecule has 0 bridgehead atoms. The van der Waals surface area contributed by atoms with Crippen LogP contribution in [0.1, 0.15) is 33.6 Å². The molecule has 154 valence electrons. The van der Waals surface area contributed by atoms with Crippen molar-refractivity contribution < 1.29 is 9.53 Å². The normalized spacial score (nSPS) is 16.6. The largest absolute Gasteiger partial charge is 0.376 e. The number of aryl methyl sites for hydroxylation is 2. The van der Waals surface area contributed by atoms with Crippen LogP contribution in [0.25, 0.3) is 20.3 Å². The zero-order chi connectivity index (χ0) is 20.8. The van der Waals surface area contributed by atoms with Gasteiger partial charge in [-0.3, -0.25) is 9.69 Å². The van der Waals surface area contributed by atoms with E-state index < -0.39 is 0 Å². The van der Waals surface area contributed by atoms with Crippen molar-refractivity contribution in [2.45, 2.75) is 32.8 Å². The van der Waals surface area contributed by atoms with E-state index >= 15 is 0 Å². The molecule has 1 fully saturated rings. The number of aromatic nitrogens is 1. The molecule has 0 radical (unpaired) electrons. The van der Waals surface area contributed by atoms with Crippen molar-refractivity contribution in [3.8, 4) is 0 Å². The maximum absolute atomic E-state index is 13.7. The van der Waals surface area contributed by atoms with Crippen LogP contribution >= 0.6 is 34.3 Å². The molecule has 5 rings (SSSR count). The first-order valence-electron chi connectivity index (χ1n) is 9.99. The molecule has 1 aliphatic rings. The molecule has 1 unspecified atom stereocenters. The number of hydrogen-bond donors (Lipinski definition) is 0. The summed E-state index contributed by atoms with van der Waals surface area (Å²) >= 11 is 9.63. The number of nitrogens with zero attached hydrogens (tertiary/aromatic N) is 2. The highest BCUT2D eigenvalue weighted by Gasteiger charge is 2.30. The minimum atomic E-state index is -0.106. The maximum Gasteiger partial charge on any atom is 0.271 e. The van der Waals surface area contributed by atoms with E-state index in [0.717, 1.165) is 45.3 Å². The molecule has 4 nitrogen and oxygen atoms in total. The summed E-state index contributed by atoms with van der Waals surface area (Å²) in [7, 11) is 0. The second-order valence-corrected chi connectivity index (χ2v) is 10.2. The molecule has 2 aromatic carbocycles. The number of benzene rings is 2. The quantitative estimate of drug-likeness (QED) is 0.347. The van der Waals surface area contributed by atoms with Crippen molar-refractivity contribution in [3.05, 3.63) is 57.4 Å².